The molecule has 0 saturated carbocycles. The van der Waals surface area contributed by atoms with Crippen molar-refractivity contribution in [1.82, 2.24) is 4.90 Å². The van der Waals surface area contributed by atoms with Crippen LogP contribution < -0.4 is 4.90 Å². The molecule has 0 spiro atoms. The van der Waals surface area contributed by atoms with E-state index in [4.69, 9.17) is 0 Å². The van der Waals surface area contributed by atoms with Crippen LogP contribution in [0.5, 0.6) is 5.75 Å². The summed E-state index contributed by atoms with van der Waals surface area (Å²) in [5.74, 6) is 0.329. The molecule has 1 aliphatic rings. The summed E-state index contributed by atoms with van der Waals surface area (Å²) in [5.41, 5.74) is 2.58. The normalized spacial score (nSPS) is 17.7. The highest BCUT2D eigenvalue weighted by Crippen LogP contribution is 2.24. The molecule has 1 saturated heterocycles. The quantitative estimate of drug-likeness (QED) is 0.936. The Morgan fingerprint density at radius 3 is 2.10 bits per heavy atom. The van der Waals surface area contributed by atoms with Gasteiger partial charge in [0.25, 0.3) is 0 Å². The zero-order chi connectivity index (χ0) is 14.7. The second-order valence-electron chi connectivity index (χ2n) is 5.63. The third kappa shape index (κ3) is 3.19. The number of benzene rings is 2. The van der Waals surface area contributed by atoms with Crippen LogP contribution in [0, 0.1) is 0 Å². The molecule has 110 valence electrons. The summed E-state index contributed by atoms with van der Waals surface area (Å²) in [7, 11) is 0. The van der Waals surface area contributed by atoms with Gasteiger partial charge in [0.1, 0.15) is 5.75 Å². The highest BCUT2D eigenvalue weighted by Gasteiger charge is 2.21. The third-order valence-corrected chi connectivity index (χ3v) is 4.36. The van der Waals surface area contributed by atoms with Crippen LogP contribution in [0.25, 0.3) is 0 Å². The SMILES string of the molecule is C[C@@H](c1ccccc1)N1CCN(c2ccc(O)cc2)CC1. The Labute approximate surface area is 126 Å². The minimum atomic E-state index is 0.329. The van der Waals surface area contributed by atoms with Gasteiger partial charge in [0, 0.05) is 37.9 Å². The lowest BCUT2D eigenvalue weighted by Crippen LogP contribution is -2.47. The van der Waals surface area contributed by atoms with Crippen molar-refractivity contribution in [2.45, 2.75) is 13.0 Å². The van der Waals surface area contributed by atoms with Crippen molar-refractivity contribution in [3.8, 4) is 5.75 Å². The van der Waals surface area contributed by atoms with Gasteiger partial charge in [-0.25, -0.2) is 0 Å². The van der Waals surface area contributed by atoms with E-state index >= 15 is 0 Å². The topological polar surface area (TPSA) is 26.7 Å². The van der Waals surface area contributed by atoms with E-state index in [1.807, 2.05) is 12.1 Å². The van der Waals surface area contributed by atoms with Gasteiger partial charge in [-0.15, -0.1) is 0 Å². The van der Waals surface area contributed by atoms with Crippen molar-refractivity contribution in [3.63, 3.8) is 0 Å². The van der Waals surface area contributed by atoms with E-state index in [2.05, 4.69) is 47.1 Å². The predicted octanol–water partition coefficient (Wildman–Crippen LogP) is 3.28. The second kappa shape index (κ2) is 6.19. The van der Waals surface area contributed by atoms with E-state index in [0.29, 0.717) is 11.8 Å². The van der Waals surface area contributed by atoms with Crippen LogP contribution in [-0.4, -0.2) is 36.2 Å². The van der Waals surface area contributed by atoms with E-state index in [9.17, 15) is 5.11 Å². The van der Waals surface area contributed by atoms with Crippen LogP contribution in [0.3, 0.4) is 0 Å². The molecule has 2 aromatic carbocycles. The molecular formula is C18H22N2O. The van der Waals surface area contributed by atoms with Crippen LogP contribution in [0.1, 0.15) is 18.5 Å². The predicted molar refractivity (Wildman–Crippen MR) is 86.7 cm³/mol. The largest absolute Gasteiger partial charge is 0.508 e. The van der Waals surface area contributed by atoms with E-state index in [-0.39, 0.29) is 0 Å². The van der Waals surface area contributed by atoms with Gasteiger partial charge < -0.3 is 10.0 Å². The lowest BCUT2D eigenvalue weighted by molar-refractivity contribution is 0.198. The molecule has 1 heterocycles. The Kier molecular flexibility index (Phi) is 4.11. The molecule has 2 aromatic rings. The Morgan fingerprint density at radius 1 is 0.857 bits per heavy atom. The first-order valence-electron chi connectivity index (χ1n) is 7.57. The first-order chi connectivity index (χ1) is 10.2. The van der Waals surface area contributed by atoms with E-state index in [1.165, 1.54) is 11.3 Å². The molecular weight excluding hydrogens is 260 g/mol. The van der Waals surface area contributed by atoms with Gasteiger partial charge in [0.05, 0.1) is 0 Å². The number of hydrogen-bond acceptors (Lipinski definition) is 3. The van der Waals surface area contributed by atoms with Crippen LogP contribution in [0.4, 0.5) is 5.69 Å². The Bertz CT molecular complexity index is 560. The molecule has 0 aliphatic carbocycles. The van der Waals surface area contributed by atoms with Crippen molar-refractivity contribution in [1.29, 1.82) is 0 Å². The Morgan fingerprint density at radius 2 is 1.48 bits per heavy atom. The first-order valence-corrected chi connectivity index (χ1v) is 7.57. The maximum absolute atomic E-state index is 9.37. The number of phenols is 1. The molecule has 0 radical (unpaired) electrons. The zero-order valence-corrected chi connectivity index (χ0v) is 12.4. The van der Waals surface area contributed by atoms with Gasteiger partial charge in [-0.1, -0.05) is 30.3 Å². The maximum atomic E-state index is 9.37. The molecule has 3 heteroatoms. The van der Waals surface area contributed by atoms with Crippen molar-refractivity contribution in [2.75, 3.05) is 31.1 Å². The van der Waals surface area contributed by atoms with Gasteiger partial charge in [-0.3, -0.25) is 4.90 Å². The smallest absolute Gasteiger partial charge is 0.115 e. The maximum Gasteiger partial charge on any atom is 0.115 e. The Hall–Kier alpha value is -2.00. The van der Waals surface area contributed by atoms with Crippen LogP contribution in [0.15, 0.2) is 54.6 Å². The lowest BCUT2D eigenvalue weighted by Gasteiger charge is -2.39. The fraction of sp³-hybridized carbons (Fsp3) is 0.333. The average molecular weight is 282 g/mol. The number of aromatic hydroxyl groups is 1. The van der Waals surface area contributed by atoms with Gasteiger partial charge in [0.2, 0.25) is 0 Å². The van der Waals surface area contributed by atoms with Crippen LogP contribution in [-0.2, 0) is 0 Å². The second-order valence-corrected chi connectivity index (χ2v) is 5.63. The third-order valence-electron chi connectivity index (χ3n) is 4.36. The number of phenolic OH excluding ortho intramolecular Hbond substituents is 1. The molecule has 1 fully saturated rings. The summed E-state index contributed by atoms with van der Waals surface area (Å²) >= 11 is 0. The Balaban J connectivity index is 1.61. The van der Waals surface area contributed by atoms with Gasteiger partial charge >= 0.3 is 0 Å². The van der Waals surface area contributed by atoms with Crippen molar-refractivity contribution in [3.05, 3.63) is 60.2 Å². The summed E-state index contributed by atoms with van der Waals surface area (Å²) in [4.78, 5) is 4.92. The molecule has 21 heavy (non-hydrogen) atoms. The van der Waals surface area contributed by atoms with Crippen molar-refractivity contribution < 1.29 is 5.11 Å². The van der Waals surface area contributed by atoms with Gasteiger partial charge in [-0.05, 0) is 36.8 Å². The van der Waals surface area contributed by atoms with Crippen LogP contribution in [0.2, 0.25) is 0 Å². The average Bonchev–Trinajstić information content (AvgIpc) is 2.56. The number of piperazine rings is 1. The molecule has 0 amide bonds. The minimum Gasteiger partial charge on any atom is -0.508 e. The molecule has 3 nitrogen and oxygen atoms in total. The fourth-order valence-electron chi connectivity index (χ4n) is 2.97. The van der Waals surface area contributed by atoms with E-state index < -0.39 is 0 Å². The molecule has 1 aliphatic heterocycles. The first kappa shape index (κ1) is 14.0. The van der Waals surface area contributed by atoms with Crippen LogP contribution >= 0.6 is 0 Å². The van der Waals surface area contributed by atoms with Crippen molar-refractivity contribution >= 4 is 5.69 Å². The minimum absolute atomic E-state index is 0.329. The number of hydrogen-bond donors (Lipinski definition) is 1. The van der Waals surface area contributed by atoms with E-state index in [0.717, 1.165) is 26.2 Å². The van der Waals surface area contributed by atoms with E-state index in [1.54, 1.807) is 12.1 Å². The summed E-state index contributed by atoms with van der Waals surface area (Å²) in [6.45, 7) is 6.48. The summed E-state index contributed by atoms with van der Waals surface area (Å²) in [6, 6.07) is 18.7. The molecule has 3 rings (SSSR count). The molecule has 0 aromatic heterocycles. The number of rotatable bonds is 3. The molecule has 1 N–H and O–H groups in total. The summed E-state index contributed by atoms with van der Waals surface area (Å²) in [5, 5.41) is 9.37. The monoisotopic (exact) mass is 282 g/mol. The molecule has 1 atom stereocenters. The molecule has 0 unspecified atom stereocenters. The summed E-state index contributed by atoms with van der Waals surface area (Å²) in [6.07, 6.45) is 0. The van der Waals surface area contributed by atoms with Crippen molar-refractivity contribution in [2.24, 2.45) is 0 Å². The standard InChI is InChI=1S/C18H22N2O/c1-15(16-5-3-2-4-6-16)19-11-13-20(14-12-19)17-7-9-18(21)10-8-17/h2-10,15,21H,11-14H2,1H3/t15-/m0/s1. The van der Waals surface area contributed by atoms with Gasteiger partial charge in [0.15, 0.2) is 0 Å². The fourth-order valence-corrected chi connectivity index (χ4v) is 2.97. The number of nitrogens with zero attached hydrogens (tertiary/aromatic N) is 2. The number of anilines is 1. The zero-order valence-electron chi connectivity index (χ0n) is 12.4. The van der Waals surface area contributed by atoms with Gasteiger partial charge in [-0.2, -0.15) is 0 Å². The summed E-state index contributed by atoms with van der Waals surface area (Å²) < 4.78 is 0. The molecule has 0 bridgehead atoms. The highest BCUT2D eigenvalue weighted by molar-refractivity contribution is 5.49. The lowest BCUT2D eigenvalue weighted by atomic mass is 10.1. The highest BCUT2D eigenvalue weighted by atomic mass is 16.3.